The number of methoxy groups -OCH3 is 1. The van der Waals surface area contributed by atoms with Crippen molar-refractivity contribution in [3.63, 3.8) is 0 Å². The molecule has 8 heteroatoms. The summed E-state index contributed by atoms with van der Waals surface area (Å²) in [5.74, 6) is -5.34. The number of carboxylic acids is 1. The van der Waals surface area contributed by atoms with Gasteiger partial charge in [-0.2, -0.15) is 13.2 Å². The summed E-state index contributed by atoms with van der Waals surface area (Å²) in [4.78, 5) is 24.5. The average Bonchev–Trinajstić information content (AvgIpc) is 3.00. The van der Waals surface area contributed by atoms with Crippen LogP contribution < -0.4 is 4.74 Å². The predicted octanol–water partition coefficient (Wildman–Crippen LogP) is 2.91. The van der Waals surface area contributed by atoms with Crippen LogP contribution in [0.2, 0.25) is 0 Å². The number of aliphatic carboxylic acids is 1. The highest BCUT2D eigenvalue weighted by Gasteiger charge is 2.53. The molecule has 0 aliphatic carbocycles. The first-order valence-electron chi connectivity index (χ1n) is 7.85. The predicted molar refractivity (Wildman–Crippen MR) is 83.3 cm³/mol. The van der Waals surface area contributed by atoms with Gasteiger partial charge in [0.15, 0.2) is 0 Å². The molecule has 1 aliphatic heterocycles. The average molecular weight is 359 g/mol. The van der Waals surface area contributed by atoms with Crippen molar-refractivity contribution in [2.45, 2.75) is 25.4 Å². The molecule has 0 saturated carbocycles. The highest BCUT2D eigenvalue weighted by Crippen LogP contribution is 2.38. The lowest BCUT2D eigenvalue weighted by Crippen LogP contribution is -2.34. The minimum atomic E-state index is -4.65. The highest BCUT2D eigenvalue weighted by atomic mass is 19.4. The molecule has 1 N–H and O–H groups in total. The molecule has 1 fully saturated rings. The van der Waals surface area contributed by atoms with Gasteiger partial charge < -0.3 is 14.7 Å². The van der Waals surface area contributed by atoms with E-state index in [0.29, 0.717) is 5.75 Å². The van der Waals surface area contributed by atoms with E-state index < -0.39 is 43.0 Å². The number of nitrogens with zero attached hydrogens (tertiary/aromatic N) is 1. The summed E-state index contributed by atoms with van der Waals surface area (Å²) in [6, 6.07) is 7.10. The number of carboxylic acid groups (broad SMARTS) is 1. The van der Waals surface area contributed by atoms with Gasteiger partial charge in [-0.15, -0.1) is 0 Å². The third kappa shape index (κ3) is 4.24. The van der Waals surface area contributed by atoms with Crippen LogP contribution in [0.25, 0.3) is 0 Å². The third-order valence-electron chi connectivity index (χ3n) is 4.56. The van der Waals surface area contributed by atoms with E-state index in [1.807, 2.05) is 0 Å². The minimum absolute atomic E-state index is 0.0166. The molecule has 5 nitrogen and oxygen atoms in total. The minimum Gasteiger partial charge on any atom is -0.496 e. The number of rotatable bonds is 5. The standard InChI is InChI=1S/C17H20F3NO4/c1-10(11-5-3-4-6-14(11)25-2)7-15(22)21-8-12(16(23)24)13(9-21)17(18,19)20/h3-6,10,12-13H,7-9H2,1-2H3,(H,23,24)/t10?,12-,13-/m1/s1. The Bertz CT molecular complexity index is 647. The number of ether oxygens (including phenoxy) is 1. The molecular formula is C17H20F3NO4. The van der Waals surface area contributed by atoms with Crippen molar-refractivity contribution >= 4 is 11.9 Å². The first-order valence-corrected chi connectivity index (χ1v) is 7.85. The van der Waals surface area contributed by atoms with E-state index in [-0.39, 0.29) is 12.3 Å². The van der Waals surface area contributed by atoms with Gasteiger partial charge in [-0.3, -0.25) is 9.59 Å². The Morgan fingerprint density at radius 1 is 1.32 bits per heavy atom. The lowest BCUT2D eigenvalue weighted by Gasteiger charge is -2.21. The molecule has 3 atom stereocenters. The van der Waals surface area contributed by atoms with Gasteiger partial charge in [0, 0.05) is 19.5 Å². The van der Waals surface area contributed by atoms with Crippen molar-refractivity contribution in [3.8, 4) is 5.75 Å². The Labute approximate surface area is 143 Å². The Morgan fingerprint density at radius 2 is 1.96 bits per heavy atom. The quantitative estimate of drug-likeness (QED) is 0.878. The molecule has 0 spiro atoms. The van der Waals surface area contributed by atoms with Crippen LogP contribution in [0.3, 0.4) is 0 Å². The maximum atomic E-state index is 13.0. The highest BCUT2D eigenvalue weighted by molar-refractivity contribution is 5.80. The van der Waals surface area contributed by atoms with Crippen LogP contribution in [0.5, 0.6) is 5.75 Å². The van der Waals surface area contributed by atoms with Crippen molar-refractivity contribution in [2.75, 3.05) is 20.2 Å². The second-order valence-electron chi connectivity index (χ2n) is 6.24. The van der Waals surface area contributed by atoms with Gasteiger partial charge in [-0.25, -0.2) is 0 Å². The second-order valence-corrected chi connectivity index (χ2v) is 6.24. The number of likely N-dealkylation sites (tertiary alicyclic amines) is 1. The molecule has 1 unspecified atom stereocenters. The summed E-state index contributed by atoms with van der Waals surface area (Å²) in [5.41, 5.74) is 0.778. The number of benzene rings is 1. The van der Waals surface area contributed by atoms with E-state index in [2.05, 4.69) is 0 Å². The zero-order valence-electron chi connectivity index (χ0n) is 13.9. The number of hydrogen-bond acceptors (Lipinski definition) is 3. The topological polar surface area (TPSA) is 66.8 Å². The smallest absolute Gasteiger partial charge is 0.394 e. The van der Waals surface area contributed by atoms with E-state index in [0.717, 1.165) is 10.5 Å². The van der Waals surface area contributed by atoms with E-state index in [1.54, 1.807) is 31.2 Å². The van der Waals surface area contributed by atoms with Crippen molar-refractivity contribution in [1.82, 2.24) is 4.90 Å². The van der Waals surface area contributed by atoms with Crippen LogP contribution in [-0.2, 0) is 9.59 Å². The van der Waals surface area contributed by atoms with E-state index in [1.165, 1.54) is 7.11 Å². The molecule has 1 aromatic rings. The number of hydrogen-bond donors (Lipinski definition) is 1. The van der Waals surface area contributed by atoms with Gasteiger partial charge in [0.1, 0.15) is 5.75 Å². The molecule has 0 radical (unpaired) electrons. The third-order valence-corrected chi connectivity index (χ3v) is 4.56. The summed E-state index contributed by atoms with van der Waals surface area (Å²) < 4.78 is 44.3. The number of carbonyl (C=O) groups is 2. The molecule has 138 valence electrons. The molecule has 0 bridgehead atoms. The van der Waals surface area contributed by atoms with Gasteiger partial charge >= 0.3 is 12.1 Å². The van der Waals surface area contributed by atoms with Crippen LogP contribution in [0.1, 0.15) is 24.8 Å². The lowest BCUT2D eigenvalue weighted by molar-refractivity contribution is -0.188. The molecule has 2 rings (SSSR count). The number of halogens is 3. The molecule has 1 amide bonds. The van der Waals surface area contributed by atoms with E-state index in [9.17, 15) is 22.8 Å². The molecular weight excluding hydrogens is 339 g/mol. The fourth-order valence-electron chi connectivity index (χ4n) is 3.16. The van der Waals surface area contributed by atoms with Crippen molar-refractivity contribution < 1.29 is 32.6 Å². The fourth-order valence-corrected chi connectivity index (χ4v) is 3.16. The first-order chi connectivity index (χ1) is 11.6. The number of amides is 1. The molecule has 1 saturated heterocycles. The summed E-state index contributed by atoms with van der Waals surface area (Å²) in [6.07, 6.45) is -4.66. The Hall–Kier alpha value is -2.25. The molecule has 0 aromatic heterocycles. The maximum absolute atomic E-state index is 13.0. The second kappa shape index (κ2) is 7.33. The van der Waals surface area contributed by atoms with Gasteiger partial charge in [-0.05, 0) is 17.5 Å². The van der Waals surface area contributed by atoms with Crippen LogP contribution in [0.4, 0.5) is 13.2 Å². The Balaban J connectivity index is 2.09. The first kappa shape index (κ1) is 19.1. The van der Waals surface area contributed by atoms with Crippen LogP contribution >= 0.6 is 0 Å². The van der Waals surface area contributed by atoms with Crippen LogP contribution in [0.15, 0.2) is 24.3 Å². The SMILES string of the molecule is COc1ccccc1C(C)CC(=O)N1C[C@@H](C(F)(F)F)[C@H](C(=O)O)C1. The number of alkyl halides is 3. The summed E-state index contributed by atoms with van der Waals surface area (Å²) in [5, 5.41) is 9.02. The van der Waals surface area contributed by atoms with Crippen LogP contribution in [-0.4, -0.2) is 48.3 Å². The van der Waals surface area contributed by atoms with Gasteiger partial charge in [0.2, 0.25) is 5.91 Å². The zero-order valence-corrected chi connectivity index (χ0v) is 13.9. The van der Waals surface area contributed by atoms with Crippen molar-refractivity contribution in [3.05, 3.63) is 29.8 Å². The molecule has 25 heavy (non-hydrogen) atoms. The summed E-state index contributed by atoms with van der Waals surface area (Å²) in [6.45, 7) is 0.747. The largest absolute Gasteiger partial charge is 0.496 e. The van der Waals surface area contributed by atoms with Gasteiger partial charge in [-0.1, -0.05) is 25.1 Å². The summed E-state index contributed by atoms with van der Waals surface area (Å²) >= 11 is 0. The lowest BCUT2D eigenvalue weighted by atomic mass is 9.96. The summed E-state index contributed by atoms with van der Waals surface area (Å²) in [7, 11) is 1.50. The normalized spacial score (nSPS) is 21.9. The maximum Gasteiger partial charge on any atom is 0.394 e. The van der Waals surface area contributed by atoms with Crippen molar-refractivity contribution in [1.29, 1.82) is 0 Å². The molecule has 1 aliphatic rings. The molecule has 1 aromatic carbocycles. The zero-order chi connectivity index (χ0) is 18.8. The monoisotopic (exact) mass is 359 g/mol. The number of para-hydroxylation sites is 1. The van der Waals surface area contributed by atoms with E-state index in [4.69, 9.17) is 9.84 Å². The van der Waals surface area contributed by atoms with Crippen molar-refractivity contribution in [2.24, 2.45) is 11.8 Å². The van der Waals surface area contributed by atoms with Gasteiger partial charge in [0.05, 0.1) is 18.9 Å². The molecule has 1 heterocycles. The Kier molecular flexibility index (Phi) is 5.59. The Morgan fingerprint density at radius 3 is 2.48 bits per heavy atom. The number of carbonyl (C=O) groups excluding carboxylic acids is 1. The fraction of sp³-hybridized carbons (Fsp3) is 0.529. The van der Waals surface area contributed by atoms with E-state index >= 15 is 0 Å². The van der Waals surface area contributed by atoms with Gasteiger partial charge in [0.25, 0.3) is 0 Å². The van der Waals surface area contributed by atoms with Crippen LogP contribution in [0, 0.1) is 11.8 Å².